The molecule has 1 aromatic rings. The highest BCUT2D eigenvalue weighted by Gasteiger charge is 2.33. The minimum absolute atomic E-state index is 0.00581. The molecule has 0 aromatic heterocycles. The van der Waals surface area contributed by atoms with Gasteiger partial charge in [-0.3, -0.25) is 0 Å². The average Bonchev–Trinajstić information content (AvgIpc) is 2.51. The lowest BCUT2D eigenvalue weighted by atomic mass is 9.70. The maximum atomic E-state index is 11.2. The molecule has 0 fully saturated rings. The summed E-state index contributed by atoms with van der Waals surface area (Å²) < 4.78 is 0. The van der Waals surface area contributed by atoms with Gasteiger partial charge >= 0.3 is 8.60 Å². The Kier molecular flexibility index (Phi) is 10.5. The Morgan fingerprint density at radius 1 is 0.793 bits per heavy atom. The van der Waals surface area contributed by atoms with Gasteiger partial charge in [0.05, 0.1) is 6.10 Å². The van der Waals surface area contributed by atoms with Crippen LogP contribution in [0.15, 0.2) is 12.1 Å². The Labute approximate surface area is 178 Å². The number of hydrogen-bond donors (Lipinski definition) is 5. The first kappa shape index (κ1) is 28.5. The Hall–Kier alpha value is -0.550. The molecule has 2 atom stereocenters. The van der Waals surface area contributed by atoms with E-state index in [4.69, 9.17) is 14.7 Å². The zero-order valence-corrected chi connectivity index (χ0v) is 20.8. The first-order valence-electron chi connectivity index (χ1n) is 10.2. The van der Waals surface area contributed by atoms with Gasteiger partial charge in [0, 0.05) is 12.5 Å². The van der Waals surface area contributed by atoms with E-state index in [1.54, 1.807) is 0 Å². The SMILES string of the molecule is CCC(CO)C(O)c1c(C(C)(C)C)cc(C(C)(C)C)cc1C(C)(C)C.OP(O)O. The highest BCUT2D eigenvalue weighted by atomic mass is 31.2. The fourth-order valence-corrected chi connectivity index (χ4v) is 3.33. The fourth-order valence-electron chi connectivity index (χ4n) is 3.33. The highest BCUT2D eigenvalue weighted by molar-refractivity contribution is 7.38. The Bertz CT molecular complexity index is 594. The van der Waals surface area contributed by atoms with Crippen molar-refractivity contribution in [2.75, 3.05) is 6.61 Å². The van der Waals surface area contributed by atoms with Gasteiger partial charge in [-0.2, -0.15) is 0 Å². The average molecular weight is 431 g/mol. The lowest BCUT2D eigenvalue weighted by Crippen LogP contribution is -2.28. The normalized spacial score (nSPS) is 15.0. The fraction of sp³-hybridized carbons (Fsp3) is 0.739. The van der Waals surface area contributed by atoms with Gasteiger partial charge in [-0.25, -0.2) is 0 Å². The van der Waals surface area contributed by atoms with Crippen LogP contribution in [-0.4, -0.2) is 31.5 Å². The molecule has 0 amide bonds. The van der Waals surface area contributed by atoms with Crippen molar-refractivity contribution in [3.63, 3.8) is 0 Å². The van der Waals surface area contributed by atoms with Gasteiger partial charge < -0.3 is 24.9 Å². The summed E-state index contributed by atoms with van der Waals surface area (Å²) in [5, 5.41) is 21.0. The van der Waals surface area contributed by atoms with Crippen molar-refractivity contribution < 1.29 is 24.9 Å². The second-order valence-electron chi connectivity index (χ2n) is 10.8. The molecule has 0 radical (unpaired) electrons. The molecule has 0 heterocycles. The molecule has 1 rings (SSSR count). The minimum Gasteiger partial charge on any atom is -0.396 e. The largest absolute Gasteiger partial charge is 0.396 e. The standard InChI is InChI=1S/C23H40O2.H3O3P/c1-11-15(14-24)20(25)19-17(22(5,6)7)12-16(21(2,3)4)13-18(19)23(8,9)10;1-4(2)3/h12-13,15,20,24-25H,11,14H2,1-10H3;1-3H. The van der Waals surface area contributed by atoms with Gasteiger partial charge in [0.15, 0.2) is 0 Å². The van der Waals surface area contributed by atoms with E-state index in [0.717, 1.165) is 12.0 Å². The number of hydrogen-bond acceptors (Lipinski definition) is 5. The molecule has 170 valence electrons. The predicted octanol–water partition coefficient (Wildman–Crippen LogP) is 4.82. The topological polar surface area (TPSA) is 101 Å². The molecule has 1 aromatic carbocycles. The van der Waals surface area contributed by atoms with Gasteiger partial charge in [0.2, 0.25) is 0 Å². The smallest absolute Gasteiger partial charge is 0.324 e. The second kappa shape index (κ2) is 10.7. The third-order valence-electron chi connectivity index (χ3n) is 5.16. The van der Waals surface area contributed by atoms with Crippen LogP contribution in [0.2, 0.25) is 0 Å². The van der Waals surface area contributed by atoms with Crippen LogP contribution in [-0.2, 0) is 16.2 Å². The van der Waals surface area contributed by atoms with E-state index in [1.807, 2.05) is 6.92 Å². The van der Waals surface area contributed by atoms with E-state index >= 15 is 0 Å². The van der Waals surface area contributed by atoms with E-state index in [0.29, 0.717) is 0 Å². The van der Waals surface area contributed by atoms with Gasteiger partial charge in [-0.15, -0.1) is 0 Å². The van der Waals surface area contributed by atoms with Crippen molar-refractivity contribution in [1.29, 1.82) is 0 Å². The van der Waals surface area contributed by atoms with E-state index in [2.05, 4.69) is 74.4 Å². The predicted molar refractivity (Wildman–Crippen MR) is 122 cm³/mol. The summed E-state index contributed by atoms with van der Waals surface area (Å²) in [5.41, 5.74) is 4.61. The van der Waals surface area contributed by atoms with E-state index in [1.165, 1.54) is 16.7 Å². The number of aliphatic hydroxyl groups is 2. The van der Waals surface area contributed by atoms with Crippen LogP contribution in [0.3, 0.4) is 0 Å². The van der Waals surface area contributed by atoms with Crippen LogP contribution in [0.5, 0.6) is 0 Å². The molecule has 0 bridgehead atoms. The van der Waals surface area contributed by atoms with Crippen molar-refractivity contribution in [2.45, 2.75) is 98.0 Å². The molecule has 5 nitrogen and oxygen atoms in total. The maximum Gasteiger partial charge on any atom is 0.324 e. The summed E-state index contributed by atoms with van der Waals surface area (Å²) >= 11 is 0. The molecule has 6 heteroatoms. The van der Waals surface area contributed by atoms with Gasteiger partial charge in [0.25, 0.3) is 0 Å². The lowest BCUT2D eigenvalue weighted by Gasteiger charge is -2.36. The summed E-state index contributed by atoms with van der Waals surface area (Å²) in [4.78, 5) is 21.7. The number of benzene rings is 1. The summed E-state index contributed by atoms with van der Waals surface area (Å²) in [7, 11) is -2.62. The molecule has 0 saturated heterocycles. The van der Waals surface area contributed by atoms with E-state index < -0.39 is 14.7 Å². The van der Waals surface area contributed by atoms with Crippen molar-refractivity contribution in [3.05, 3.63) is 34.4 Å². The Morgan fingerprint density at radius 2 is 1.14 bits per heavy atom. The third-order valence-corrected chi connectivity index (χ3v) is 5.16. The summed E-state index contributed by atoms with van der Waals surface area (Å²) in [6.07, 6.45) is 0.110. The van der Waals surface area contributed by atoms with Gasteiger partial charge in [-0.1, -0.05) is 81.4 Å². The second-order valence-corrected chi connectivity index (χ2v) is 11.3. The summed E-state index contributed by atoms with van der Waals surface area (Å²) in [6, 6.07) is 4.55. The molecule has 0 aliphatic rings. The first-order valence-corrected chi connectivity index (χ1v) is 11.4. The first-order chi connectivity index (χ1) is 12.9. The quantitative estimate of drug-likeness (QED) is 0.441. The van der Waals surface area contributed by atoms with Crippen molar-refractivity contribution in [1.82, 2.24) is 0 Å². The zero-order chi connectivity index (χ0) is 23.4. The van der Waals surface area contributed by atoms with Gasteiger partial charge in [-0.05, 0) is 44.9 Å². The van der Waals surface area contributed by atoms with Gasteiger partial charge in [0.1, 0.15) is 0 Å². The van der Waals surface area contributed by atoms with Crippen LogP contribution in [0.1, 0.15) is 104 Å². The summed E-state index contributed by atoms with van der Waals surface area (Å²) in [6.45, 7) is 22.0. The monoisotopic (exact) mass is 430 g/mol. The van der Waals surface area contributed by atoms with Crippen LogP contribution in [0.4, 0.5) is 0 Å². The molecule has 5 N–H and O–H groups in total. The molecule has 0 aliphatic carbocycles. The zero-order valence-electron chi connectivity index (χ0n) is 19.9. The number of aliphatic hydroxyl groups excluding tert-OH is 2. The molecule has 0 aliphatic heterocycles. The summed E-state index contributed by atoms with van der Waals surface area (Å²) in [5.74, 6) is -0.136. The van der Waals surface area contributed by atoms with Crippen LogP contribution < -0.4 is 0 Å². The van der Waals surface area contributed by atoms with Crippen molar-refractivity contribution in [2.24, 2.45) is 5.92 Å². The van der Waals surface area contributed by atoms with Crippen molar-refractivity contribution >= 4 is 8.60 Å². The molecule has 0 saturated carbocycles. The highest BCUT2D eigenvalue weighted by Crippen LogP contribution is 2.43. The van der Waals surface area contributed by atoms with Crippen LogP contribution in [0, 0.1) is 5.92 Å². The molecule has 0 spiro atoms. The number of rotatable bonds is 4. The van der Waals surface area contributed by atoms with Crippen LogP contribution >= 0.6 is 8.60 Å². The lowest BCUT2D eigenvalue weighted by molar-refractivity contribution is 0.0620. The van der Waals surface area contributed by atoms with E-state index in [-0.39, 0.29) is 28.8 Å². The van der Waals surface area contributed by atoms with Crippen molar-refractivity contribution in [3.8, 4) is 0 Å². The third kappa shape index (κ3) is 8.61. The molecule has 2 unspecified atom stereocenters. The van der Waals surface area contributed by atoms with E-state index in [9.17, 15) is 10.2 Å². The molecular formula is C23H43O5P. The van der Waals surface area contributed by atoms with Crippen LogP contribution in [0.25, 0.3) is 0 Å². The Morgan fingerprint density at radius 3 is 1.34 bits per heavy atom. The maximum absolute atomic E-state index is 11.2. The minimum atomic E-state index is -2.62. The molecule has 29 heavy (non-hydrogen) atoms. The Balaban J connectivity index is 0.00000178. The molecular weight excluding hydrogens is 387 g/mol.